The summed E-state index contributed by atoms with van der Waals surface area (Å²) in [5.41, 5.74) is 8.53. The molecule has 0 fully saturated rings. The van der Waals surface area contributed by atoms with E-state index in [-0.39, 0.29) is 6.04 Å². The second-order valence-corrected chi connectivity index (χ2v) is 5.90. The lowest BCUT2D eigenvalue weighted by Gasteiger charge is -2.16. The van der Waals surface area contributed by atoms with Crippen molar-refractivity contribution in [3.05, 3.63) is 34.4 Å². The number of aromatic nitrogens is 1. The van der Waals surface area contributed by atoms with E-state index in [1.165, 1.54) is 16.6 Å². The highest BCUT2D eigenvalue weighted by Crippen LogP contribution is 2.27. The van der Waals surface area contributed by atoms with Crippen LogP contribution in [0.2, 0.25) is 0 Å². The molecular formula is C14H19BrN2. The number of nitrogens with zero attached hydrogens (tertiary/aromatic N) is 1. The number of rotatable bonds is 3. The van der Waals surface area contributed by atoms with E-state index in [1.54, 1.807) is 0 Å². The summed E-state index contributed by atoms with van der Waals surface area (Å²) < 4.78 is 3.50. The van der Waals surface area contributed by atoms with Crippen molar-refractivity contribution < 1.29 is 0 Å². The fourth-order valence-electron chi connectivity index (χ4n) is 2.35. The Morgan fingerprint density at radius 1 is 1.24 bits per heavy atom. The minimum absolute atomic E-state index is 0.195. The zero-order chi connectivity index (χ0) is 12.6. The van der Waals surface area contributed by atoms with Gasteiger partial charge in [0.25, 0.3) is 0 Å². The van der Waals surface area contributed by atoms with Crippen LogP contribution in [0.15, 0.2) is 28.7 Å². The van der Waals surface area contributed by atoms with Gasteiger partial charge in [0.15, 0.2) is 0 Å². The number of benzene rings is 1. The molecule has 17 heavy (non-hydrogen) atoms. The number of halogens is 1. The van der Waals surface area contributed by atoms with Crippen LogP contribution >= 0.6 is 15.9 Å². The number of hydrogen-bond donors (Lipinski definition) is 1. The average molecular weight is 295 g/mol. The van der Waals surface area contributed by atoms with E-state index in [0.717, 1.165) is 10.9 Å². The molecule has 92 valence electrons. The Kier molecular flexibility index (Phi) is 3.59. The molecule has 1 aromatic heterocycles. The van der Waals surface area contributed by atoms with Crippen LogP contribution in [0, 0.1) is 0 Å². The van der Waals surface area contributed by atoms with Crippen molar-refractivity contribution in [2.24, 2.45) is 5.73 Å². The van der Waals surface area contributed by atoms with Crippen molar-refractivity contribution in [3.63, 3.8) is 0 Å². The van der Waals surface area contributed by atoms with Gasteiger partial charge < -0.3 is 10.3 Å². The lowest BCUT2D eigenvalue weighted by Crippen LogP contribution is -2.20. The average Bonchev–Trinajstić information content (AvgIpc) is 2.53. The Labute approximate surface area is 111 Å². The molecule has 0 spiro atoms. The third-order valence-electron chi connectivity index (χ3n) is 2.93. The molecule has 0 aliphatic carbocycles. The fraction of sp³-hybridized carbons (Fsp3) is 0.429. The van der Waals surface area contributed by atoms with E-state index in [0.29, 0.717) is 6.04 Å². The molecule has 2 aromatic rings. The summed E-state index contributed by atoms with van der Waals surface area (Å²) in [7, 11) is 0. The van der Waals surface area contributed by atoms with Crippen LogP contribution < -0.4 is 5.73 Å². The van der Waals surface area contributed by atoms with E-state index >= 15 is 0 Å². The Morgan fingerprint density at radius 2 is 1.94 bits per heavy atom. The zero-order valence-electron chi connectivity index (χ0n) is 10.6. The molecule has 0 saturated heterocycles. The van der Waals surface area contributed by atoms with Gasteiger partial charge >= 0.3 is 0 Å². The molecule has 3 heteroatoms. The third-order valence-corrected chi connectivity index (χ3v) is 3.42. The molecule has 0 aliphatic rings. The molecule has 0 saturated carbocycles. The first-order chi connectivity index (χ1) is 7.99. The Hall–Kier alpha value is -0.800. The summed E-state index contributed by atoms with van der Waals surface area (Å²) in [6.07, 6.45) is 0.921. The number of hydrogen-bond acceptors (Lipinski definition) is 1. The lowest BCUT2D eigenvalue weighted by atomic mass is 10.2. The van der Waals surface area contributed by atoms with Gasteiger partial charge in [0, 0.05) is 34.2 Å². The first kappa shape index (κ1) is 12.7. The van der Waals surface area contributed by atoms with Gasteiger partial charge in [-0.15, -0.1) is 0 Å². The Balaban J connectivity index is 2.63. The van der Waals surface area contributed by atoms with E-state index in [4.69, 9.17) is 5.73 Å². The zero-order valence-corrected chi connectivity index (χ0v) is 12.2. The van der Waals surface area contributed by atoms with Gasteiger partial charge in [-0.25, -0.2) is 0 Å². The number of nitrogens with two attached hydrogens (primary N) is 1. The Morgan fingerprint density at radius 3 is 2.53 bits per heavy atom. The molecule has 0 amide bonds. The molecule has 1 atom stereocenters. The molecule has 0 radical (unpaired) electrons. The van der Waals surface area contributed by atoms with Gasteiger partial charge in [-0.3, -0.25) is 0 Å². The standard InChI is InChI=1S/C14H19BrN2/c1-9(2)17-13(6-10(3)16)7-11-4-5-12(15)8-14(11)17/h4-5,7-10H,6,16H2,1-3H3. The smallest absolute Gasteiger partial charge is 0.0496 e. The predicted molar refractivity (Wildman–Crippen MR) is 77.4 cm³/mol. The summed E-state index contributed by atoms with van der Waals surface area (Å²) in [5.74, 6) is 0. The highest BCUT2D eigenvalue weighted by molar-refractivity contribution is 9.10. The van der Waals surface area contributed by atoms with E-state index in [2.05, 4.69) is 65.5 Å². The van der Waals surface area contributed by atoms with Crippen LogP contribution in [-0.2, 0) is 6.42 Å². The SMILES string of the molecule is CC(N)Cc1cc2ccc(Br)cc2n1C(C)C. The Bertz CT molecular complexity index is 526. The largest absolute Gasteiger partial charge is 0.342 e. The lowest BCUT2D eigenvalue weighted by molar-refractivity contribution is 0.576. The molecule has 0 bridgehead atoms. The highest BCUT2D eigenvalue weighted by Gasteiger charge is 2.12. The monoisotopic (exact) mass is 294 g/mol. The maximum Gasteiger partial charge on any atom is 0.0496 e. The summed E-state index contributed by atoms with van der Waals surface area (Å²) in [5, 5.41) is 1.29. The van der Waals surface area contributed by atoms with Crippen LogP contribution in [0.25, 0.3) is 10.9 Å². The molecular weight excluding hydrogens is 276 g/mol. The summed E-state index contributed by atoms with van der Waals surface area (Å²) in [6.45, 7) is 6.48. The van der Waals surface area contributed by atoms with E-state index < -0.39 is 0 Å². The van der Waals surface area contributed by atoms with E-state index in [9.17, 15) is 0 Å². The quantitative estimate of drug-likeness (QED) is 0.915. The summed E-state index contributed by atoms with van der Waals surface area (Å²) in [6, 6.07) is 9.33. The van der Waals surface area contributed by atoms with Crippen LogP contribution in [0.1, 0.15) is 32.5 Å². The minimum atomic E-state index is 0.195. The second kappa shape index (κ2) is 4.83. The predicted octanol–water partition coefficient (Wildman–Crippen LogP) is 3.87. The molecule has 2 nitrogen and oxygen atoms in total. The minimum Gasteiger partial charge on any atom is -0.342 e. The van der Waals surface area contributed by atoms with Crippen LogP contribution in [0.3, 0.4) is 0 Å². The van der Waals surface area contributed by atoms with Crippen molar-refractivity contribution in [3.8, 4) is 0 Å². The molecule has 2 rings (SSSR count). The highest BCUT2D eigenvalue weighted by atomic mass is 79.9. The molecule has 0 aliphatic heterocycles. The van der Waals surface area contributed by atoms with Crippen LogP contribution in [0.4, 0.5) is 0 Å². The van der Waals surface area contributed by atoms with Gasteiger partial charge in [-0.05, 0) is 44.4 Å². The van der Waals surface area contributed by atoms with Gasteiger partial charge in [0.1, 0.15) is 0 Å². The van der Waals surface area contributed by atoms with Crippen molar-refractivity contribution in [2.45, 2.75) is 39.3 Å². The summed E-state index contributed by atoms with van der Waals surface area (Å²) >= 11 is 3.54. The van der Waals surface area contributed by atoms with Gasteiger partial charge in [0.2, 0.25) is 0 Å². The van der Waals surface area contributed by atoms with Crippen molar-refractivity contribution >= 4 is 26.8 Å². The van der Waals surface area contributed by atoms with Gasteiger partial charge in [-0.2, -0.15) is 0 Å². The third kappa shape index (κ3) is 2.55. The molecule has 1 heterocycles. The van der Waals surface area contributed by atoms with E-state index in [1.807, 2.05) is 0 Å². The maximum atomic E-state index is 5.92. The maximum absolute atomic E-state index is 5.92. The van der Waals surface area contributed by atoms with Crippen molar-refractivity contribution in [2.75, 3.05) is 0 Å². The number of fused-ring (bicyclic) bond motifs is 1. The first-order valence-corrected chi connectivity index (χ1v) is 6.83. The van der Waals surface area contributed by atoms with Gasteiger partial charge in [-0.1, -0.05) is 22.0 Å². The summed E-state index contributed by atoms with van der Waals surface area (Å²) in [4.78, 5) is 0. The van der Waals surface area contributed by atoms with Gasteiger partial charge in [0.05, 0.1) is 0 Å². The van der Waals surface area contributed by atoms with Crippen LogP contribution in [-0.4, -0.2) is 10.6 Å². The van der Waals surface area contributed by atoms with Crippen molar-refractivity contribution in [1.29, 1.82) is 0 Å². The second-order valence-electron chi connectivity index (χ2n) is 4.98. The topological polar surface area (TPSA) is 30.9 Å². The molecule has 2 N–H and O–H groups in total. The first-order valence-electron chi connectivity index (χ1n) is 6.04. The fourth-order valence-corrected chi connectivity index (χ4v) is 2.70. The molecule has 1 unspecified atom stereocenters. The normalized spacial score (nSPS) is 13.5. The van der Waals surface area contributed by atoms with Crippen LogP contribution in [0.5, 0.6) is 0 Å². The molecule has 1 aromatic carbocycles. The van der Waals surface area contributed by atoms with Crippen molar-refractivity contribution in [1.82, 2.24) is 4.57 Å².